The fourth-order valence-corrected chi connectivity index (χ4v) is 3.39. The molecule has 0 aliphatic heterocycles. The topological polar surface area (TPSA) is 21.3 Å². The number of nitrogens with one attached hydrogen (secondary N) is 1. The van der Waals surface area contributed by atoms with Crippen LogP contribution < -0.4 is 10.1 Å². The highest BCUT2D eigenvalue weighted by Crippen LogP contribution is 2.26. The number of ether oxygens (including phenoxy) is 1. The van der Waals surface area contributed by atoms with Crippen LogP contribution in [0.15, 0.2) is 36.4 Å². The Labute approximate surface area is 132 Å². The third-order valence-corrected chi connectivity index (χ3v) is 4.74. The van der Waals surface area contributed by atoms with E-state index in [2.05, 4.69) is 43.4 Å². The molecule has 0 aliphatic carbocycles. The van der Waals surface area contributed by atoms with Crippen LogP contribution in [0.2, 0.25) is 0 Å². The van der Waals surface area contributed by atoms with Gasteiger partial charge in [-0.3, -0.25) is 0 Å². The average molecular weight is 303 g/mol. The quantitative estimate of drug-likeness (QED) is 0.760. The summed E-state index contributed by atoms with van der Waals surface area (Å²) in [4.78, 5) is 2.84. The molecule has 2 nitrogen and oxygen atoms in total. The van der Waals surface area contributed by atoms with E-state index in [1.807, 2.05) is 23.5 Å². The van der Waals surface area contributed by atoms with Crippen LogP contribution in [0.4, 0.5) is 0 Å². The summed E-state index contributed by atoms with van der Waals surface area (Å²) in [5.41, 5.74) is 1.37. The van der Waals surface area contributed by atoms with Crippen molar-refractivity contribution >= 4 is 11.3 Å². The standard InChI is InChI=1S/C18H25NOS/c1-4-13-19-17(18-12-5-14(2)21-18)11-8-15-6-9-16(20-3)10-7-15/h5-7,9-10,12,17,19H,4,8,11,13H2,1-3H3. The lowest BCUT2D eigenvalue weighted by Gasteiger charge is -2.17. The number of hydrogen-bond donors (Lipinski definition) is 1. The van der Waals surface area contributed by atoms with Gasteiger partial charge in [0, 0.05) is 15.8 Å². The predicted octanol–water partition coefficient (Wildman–Crippen LogP) is 4.74. The Morgan fingerprint density at radius 3 is 2.48 bits per heavy atom. The first kappa shape index (κ1) is 16.1. The van der Waals surface area contributed by atoms with Crippen molar-refractivity contribution in [3.63, 3.8) is 0 Å². The largest absolute Gasteiger partial charge is 0.497 e. The van der Waals surface area contributed by atoms with Gasteiger partial charge in [0.25, 0.3) is 0 Å². The molecule has 1 atom stereocenters. The average Bonchev–Trinajstić information content (AvgIpc) is 2.94. The Bertz CT molecular complexity index is 532. The smallest absolute Gasteiger partial charge is 0.118 e. The SMILES string of the molecule is CCCNC(CCc1ccc(OC)cc1)c1ccc(C)s1. The first-order chi connectivity index (χ1) is 10.2. The van der Waals surface area contributed by atoms with Crippen molar-refractivity contribution in [2.45, 2.75) is 39.2 Å². The van der Waals surface area contributed by atoms with Crippen molar-refractivity contribution in [1.29, 1.82) is 0 Å². The Morgan fingerprint density at radius 2 is 1.90 bits per heavy atom. The molecule has 1 heterocycles. The highest BCUT2D eigenvalue weighted by molar-refractivity contribution is 7.12. The summed E-state index contributed by atoms with van der Waals surface area (Å²) in [6, 6.07) is 13.4. The molecule has 1 N–H and O–H groups in total. The molecule has 3 heteroatoms. The molecule has 0 aliphatic rings. The molecule has 1 aromatic carbocycles. The summed E-state index contributed by atoms with van der Waals surface area (Å²) >= 11 is 1.90. The maximum Gasteiger partial charge on any atom is 0.118 e. The van der Waals surface area contributed by atoms with Crippen molar-refractivity contribution < 1.29 is 4.74 Å². The van der Waals surface area contributed by atoms with Crippen molar-refractivity contribution in [3.8, 4) is 5.75 Å². The highest BCUT2D eigenvalue weighted by atomic mass is 32.1. The molecule has 1 unspecified atom stereocenters. The fraction of sp³-hybridized carbons (Fsp3) is 0.444. The van der Waals surface area contributed by atoms with Gasteiger partial charge in [0.2, 0.25) is 0 Å². The summed E-state index contributed by atoms with van der Waals surface area (Å²) < 4.78 is 5.21. The molecule has 2 aromatic rings. The number of aryl methyl sites for hydroxylation is 2. The van der Waals surface area contributed by atoms with Crippen LogP contribution in [-0.2, 0) is 6.42 Å². The monoisotopic (exact) mass is 303 g/mol. The molecule has 0 spiro atoms. The van der Waals surface area contributed by atoms with E-state index in [9.17, 15) is 0 Å². The van der Waals surface area contributed by atoms with E-state index >= 15 is 0 Å². The van der Waals surface area contributed by atoms with Gasteiger partial charge in [-0.2, -0.15) is 0 Å². The second-order valence-corrected chi connectivity index (χ2v) is 6.66. The van der Waals surface area contributed by atoms with Gasteiger partial charge in [0.05, 0.1) is 7.11 Å². The zero-order valence-electron chi connectivity index (χ0n) is 13.2. The number of methoxy groups -OCH3 is 1. The summed E-state index contributed by atoms with van der Waals surface area (Å²) in [5.74, 6) is 0.924. The molecule has 0 radical (unpaired) electrons. The van der Waals surface area contributed by atoms with Crippen LogP contribution in [0, 0.1) is 6.92 Å². The van der Waals surface area contributed by atoms with Crippen LogP contribution in [0.5, 0.6) is 5.75 Å². The summed E-state index contributed by atoms with van der Waals surface area (Å²) in [7, 11) is 1.71. The predicted molar refractivity (Wildman–Crippen MR) is 91.4 cm³/mol. The summed E-state index contributed by atoms with van der Waals surface area (Å²) in [6.45, 7) is 5.46. The van der Waals surface area contributed by atoms with Crippen molar-refractivity contribution in [3.05, 3.63) is 51.7 Å². The van der Waals surface area contributed by atoms with Crippen LogP contribution in [-0.4, -0.2) is 13.7 Å². The maximum absolute atomic E-state index is 5.21. The van der Waals surface area contributed by atoms with Gasteiger partial charge in [0.1, 0.15) is 5.75 Å². The fourth-order valence-electron chi connectivity index (χ4n) is 2.41. The van der Waals surface area contributed by atoms with Gasteiger partial charge in [-0.15, -0.1) is 11.3 Å². The Balaban J connectivity index is 1.97. The lowest BCUT2D eigenvalue weighted by Crippen LogP contribution is -2.21. The van der Waals surface area contributed by atoms with Gasteiger partial charge in [-0.25, -0.2) is 0 Å². The third kappa shape index (κ3) is 4.87. The van der Waals surface area contributed by atoms with Crippen molar-refractivity contribution in [2.75, 3.05) is 13.7 Å². The molecule has 0 bridgehead atoms. The second kappa shape index (κ2) is 8.20. The van der Waals surface area contributed by atoms with Crippen LogP contribution in [0.3, 0.4) is 0 Å². The first-order valence-electron chi connectivity index (χ1n) is 7.65. The lowest BCUT2D eigenvalue weighted by molar-refractivity contribution is 0.414. The summed E-state index contributed by atoms with van der Waals surface area (Å²) in [6.07, 6.45) is 3.39. The molecular weight excluding hydrogens is 278 g/mol. The van der Waals surface area contributed by atoms with Gasteiger partial charge in [-0.1, -0.05) is 19.1 Å². The second-order valence-electron chi connectivity index (χ2n) is 5.34. The first-order valence-corrected chi connectivity index (χ1v) is 8.47. The minimum atomic E-state index is 0.464. The van der Waals surface area contributed by atoms with Crippen LogP contribution in [0.1, 0.15) is 41.1 Å². The zero-order chi connectivity index (χ0) is 15.1. The minimum Gasteiger partial charge on any atom is -0.497 e. The molecular formula is C18H25NOS. The molecule has 0 amide bonds. The molecule has 2 rings (SSSR count). The molecule has 0 saturated carbocycles. The lowest BCUT2D eigenvalue weighted by atomic mass is 10.0. The van der Waals surface area contributed by atoms with Gasteiger partial charge >= 0.3 is 0 Å². The van der Waals surface area contributed by atoms with Gasteiger partial charge in [0.15, 0.2) is 0 Å². The van der Waals surface area contributed by atoms with E-state index in [0.29, 0.717) is 6.04 Å². The molecule has 114 valence electrons. The number of rotatable bonds is 8. The van der Waals surface area contributed by atoms with E-state index in [-0.39, 0.29) is 0 Å². The Kier molecular flexibility index (Phi) is 6.27. The maximum atomic E-state index is 5.21. The normalized spacial score (nSPS) is 12.3. The molecule has 0 fully saturated rings. The van der Waals surface area contributed by atoms with E-state index < -0.39 is 0 Å². The number of thiophene rings is 1. The summed E-state index contributed by atoms with van der Waals surface area (Å²) in [5, 5.41) is 3.68. The van der Waals surface area contributed by atoms with E-state index in [1.165, 1.54) is 21.7 Å². The van der Waals surface area contributed by atoms with Gasteiger partial charge < -0.3 is 10.1 Å². The van der Waals surface area contributed by atoms with Crippen LogP contribution in [0.25, 0.3) is 0 Å². The number of benzene rings is 1. The minimum absolute atomic E-state index is 0.464. The van der Waals surface area contributed by atoms with E-state index in [0.717, 1.165) is 25.1 Å². The van der Waals surface area contributed by atoms with E-state index in [1.54, 1.807) is 7.11 Å². The zero-order valence-corrected chi connectivity index (χ0v) is 14.0. The Morgan fingerprint density at radius 1 is 1.14 bits per heavy atom. The highest BCUT2D eigenvalue weighted by Gasteiger charge is 2.12. The molecule has 0 saturated heterocycles. The Hall–Kier alpha value is -1.32. The molecule has 1 aromatic heterocycles. The van der Waals surface area contributed by atoms with Gasteiger partial charge in [-0.05, 0) is 62.6 Å². The number of hydrogen-bond acceptors (Lipinski definition) is 3. The van der Waals surface area contributed by atoms with Crippen LogP contribution >= 0.6 is 11.3 Å². The van der Waals surface area contributed by atoms with Crippen molar-refractivity contribution in [1.82, 2.24) is 5.32 Å². The molecule has 21 heavy (non-hydrogen) atoms. The van der Waals surface area contributed by atoms with Crippen molar-refractivity contribution in [2.24, 2.45) is 0 Å². The van der Waals surface area contributed by atoms with E-state index in [4.69, 9.17) is 4.74 Å². The third-order valence-electron chi connectivity index (χ3n) is 3.63.